The number of hydrogen-bond donors (Lipinski definition) is 2. The highest BCUT2D eigenvalue weighted by Gasteiger charge is 2.24. The first-order valence-electron chi connectivity index (χ1n) is 2.76. The fraction of sp³-hybridized carbons (Fsp3) is 1.00. The predicted molar refractivity (Wildman–Crippen MR) is 35.2 cm³/mol. The number of nitrogens with one attached hydrogen (secondary N) is 1. The molecule has 1 heterocycles. The molecule has 0 aromatic heterocycles. The van der Waals surface area contributed by atoms with E-state index < -0.39 is 11.3 Å². The van der Waals surface area contributed by atoms with Gasteiger partial charge < -0.3 is 5.32 Å². The quantitative estimate of drug-likeness (QED) is 0.498. The first kappa shape index (κ1) is 7.14. The normalized spacial score (nSPS) is 23.9. The summed E-state index contributed by atoms with van der Waals surface area (Å²) < 4.78 is 20.3. The van der Waals surface area contributed by atoms with Crippen LogP contribution in [-0.2, 0) is 11.3 Å². The zero-order valence-electron chi connectivity index (χ0n) is 5.20. The van der Waals surface area contributed by atoms with Crippen molar-refractivity contribution < 1.29 is 8.76 Å². The molecular weight excluding hydrogens is 140 g/mol. The third-order valence-corrected chi connectivity index (χ3v) is 2.31. The average molecular weight is 150 g/mol. The van der Waals surface area contributed by atoms with Crippen LogP contribution in [0.3, 0.4) is 0 Å². The smallest absolute Gasteiger partial charge is 0.234 e. The highest BCUT2D eigenvalue weighted by molar-refractivity contribution is 7.76. The minimum atomic E-state index is -1.80. The van der Waals surface area contributed by atoms with Gasteiger partial charge in [-0.3, -0.25) is 4.55 Å². The van der Waals surface area contributed by atoms with Crippen LogP contribution < -0.4 is 5.32 Å². The maximum Gasteiger partial charge on any atom is 0.234 e. The van der Waals surface area contributed by atoms with Gasteiger partial charge in [0.05, 0.1) is 0 Å². The molecule has 0 aliphatic carbocycles. The largest absolute Gasteiger partial charge is 0.313 e. The minimum Gasteiger partial charge on any atom is -0.313 e. The van der Waals surface area contributed by atoms with Gasteiger partial charge in [-0.15, -0.1) is 0 Å². The first-order valence-corrected chi connectivity index (χ1v) is 3.82. The molecule has 1 rings (SSSR count). The molecule has 0 saturated carbocycles. The molecule has 1 saturated heterocycles. The van der Waals surface area contributed by atoms with Crippen molar-refractivity contribution in [2.45, 2.75) is 6.04 Å². The van der Waals surface area contributed by atoms with E-state index in [4.69, 9.17) is 4.55 Å². The standard InChI is InChI=1S/C4H10N2O2S/c1-6(9(7)8)4-2-5-3-4/h4-5H,2-3H2,1H3,(H,7,8). The minimum absolute atomic E-state index is 0.246. The highest BCUT2D eigenvalue weighted by atomic mass is 32.2. The number of rotatable bonds is 2. The van der Waals surface area contributed by atoms with Crippen molar-refractivity contribution in [1.82, 2.24) is 9.62 Å². The molecule has 9 heavy (non-hydrogen) atoms. The van der Waals surface area contributed by atoms with Crippen molar-refractivity contribution in [2.24, 2.45) is 0 Å². The van der Waals surface area contributed by atoms with Crippen LogP contribution >= 0.6 is 0 Å². The van der Waals surface area contributed by atoms with Crippen molar-refractivity contribution in [3.05, 3.63) is 0 Å². The summed E-state index contributed by atoms with van der Waals surface area (Å²) >= 11 is -1.80. The van der Waals surface area contributed by atoms with Crippen LogP contribution in [0, 0.1) is 0 Å². The molecule has 1 atom stereocenters. The van der Waals surface area contributed by atoms with Gasteiger partial charge >= 0.3 is 0 Å². The number of nitrogens with zero attached hydrogens (tertiary/aromatic N) is 1. The summed E-state index contributed by atoms with van der Waals surface area (Å²) in [7, 11) is 1.64. The van der Waals surface area contributed by atoms with Crippen molar-refractivity contribution >= 4 is 11.3 Å². The van der Waals surface area contributed by atoms with Crippen LogP contribution in [0.5, 0.6) is 0 Å². The topological polar surface area (TPSA) is 52.6 Å². The van der Waals surface area contributed by atoms with Crippen LogP contribution in [0.15, 0.2) is 0 Å². The molecule has 0 spiro atoms. The van der Waals surface area contributed by atoms with E-state index in [0.29, 0.717) is 0 Å². The highest BCUT2D eigenvalue weighted by Crippen LogP contribution is 2.02. The molecule has 0 aromatic carbocycles. The third-order valence-electron chi connectivity index (χ3n) is 1.52. The molecule has 5 heteroatoms. The summed E-state index contributed by atoms with van der Waals surface area (Å²) in [6.07, 6.45) is 0. The van der Waals surface area contributed by atoms with E-state index in [-0.39, 0.29) is 6.04 Å². The monoisotopic (exact) mass is 150 g/mol. The molecule has 0 radical (unpaired) electrons. The van der Waals surface area contributed by atoms with E-state index in [2.05, 4.69) is 5.32 Å². The molecule has 2 N–H and O–H groups in total. The van der Waals surface area contributed by atoms with E-state index >= 15 is 0 Å². The van der Waals surface area contributed by atoms with E-state index in [1.54, 1.807) is 7.05 Å². The SMILES string of the molecule is CN(C1CNC1)S(=O)O. The molecule has 0 amide bonds. The molecule has 1 unspecified atom stereocenters. The zero-order valence-corrected chi connectivity index (χ0v) is 6.02. The van der Waals surface area contributed by atoms with Gasteiger partial charge in [-0.25, -0.2) is 4.21 Å². The lowest BCUT2D eigenvalue weighted by Gasteiger charge is -2.32. The van der Waals surface area contributed by atoms with E-state index in [0.717, 1.165) is 13.1 Å². The maximum absolute atomic E-state index is 10.3. The molecular formula is C4H10N2O2S. The predicted octanol–water partition coefficient (Wildman–Crippen LogP) is -0.973. The Bertz CT molecular complexity index is 126. The number of likely N-dealkylation sites (N-methyl/N-ethyl adjacent to an activating group) is 1. The van der Waals surface area contributed by atoms with Crippen LogP contribution in [0.25, 0.3) is 0 Å². The zero-order chi connectivity index (χ0) is 6.85. The maximum atomic E-state index is 10.3. The van der Waals surface area contributed by atoms with E-state index in [1.165, 1.54) is 4.31 Å². The summed E-state index contributed by atoms with van der Waals surface area (Å²) in [5, 5.41) is 3.01. The second-order valence-corrected chi connectivity index (χ2v) is 3.13. The second-order valence-electron chi connectivity index (χ2n) is 2.09. The second kappa shape index (κ2) is 2.74. The van der Waals surface area contributed by atoms with Gasteiger partial charge in [0.25, 0.3) is 0 Å². The van der Waals surface area contributed by atoms with Gasteiger partial charge in [-0.2, -0.15) is 4.31 Å². The molecule has 0 aromatic rings. The summed E-state index contributed by atoms with van der Waals surface area (Å²) in [5.74, 6) is 0. The Hall–Kier alpha value is 0.0300. The van der Waals surface area contributed by atoms with Crippen molar-refractivity contribution in [2.75, 3.05) is 20.1 Å². The van der Waals surface area contributed by atoms with Crippen LogP contribution in [-0.4, -0.2) is 39.2 Å². The fourth-order valence-corrected chi connectivity index (χ4v) is 1.06. The Labute approximate surface area is 56.7 Å². The Kier molecular flexibility index (Phi) is 2.18. The van der Waals surface area contributed by atoms with E-state index in [1.807, 2.05) is 0 Å². The molecule has 4 nitrogen and oxygen atoms in total. The fourth-order valence-electron chi connectivity index (χ4n) is 0.658. The Morgan fingerprint density at radius 2 is 2.33 bits per heavy atom. The average Bonchev–Trinajstić information content (AvgIpc) is 1.60. The van der Waals surface area contributed by atoms with E-state index in [9.17, 15) is 4.21 Å². The summed E-state index contributed by atoms with van der Waals surface area (Å²) in [6.45, 7) is 1.64. The molecule has 1 aliphatic heterocycles. The van der Waals surface area contributed by atoms with Crippen molar-refractivity contribution in [3.63, 3.8) is 0 Å². The third kappa shape index (κ3) is 1.48. The Balaban J connectivity index is 2.32. The first-order chi connectivity index (χ1) is 4.22. The lowest BCUT2D eigenvalue weighted by molar-refractivity contribution is 0.270. The van der Waals surface area contributed by atoms with Gasteiger partial charge in [-0.1, -0.05) is 0 Å². The van der Waals surface area contributed by atoms with Gasteiger partial charge in [0.15, 0.2) is 0 Å². The summed E-state index contributed by atoms with van der Waals surface area (Å²) in [5.41, 5.74) is 0. The molecule has 54 valence electrons. The van der Waals surface area contributed by atoms with Gasteiger partial charge in [0.2, 0.25) is 11.3 Å². The van der Waals surface area contributed by atoms with Crippen LogP contribution in [0.4, 0.5) is 0 Å². The Morgan fingerprint density at radius 3 is 2.44 bits per heavy atom. The molecule has 0 bridgehead atoms. The summed E-state index contributed by atoms with van der Waals surface area (Å²) in [6, 6.07) is 0.246. The lowest BCUT2D eigenvalue weighted by Crippen LogP contribution is -2.56. The number of hydrogen-bond acceptors (Lipinski definition) is 2. The van der Waals surface area contributed by atoms with Gasteiger partial charge in [0.1, 0.15) is 0 Å². The molecule has 1 aliphatic rings. The Morgan fingerprint density at radius 1 is 1.78 bits per heavy atom. The van der Waals surface area contributed by atoms with Crippen molar-refractivity contribution in [1.29, 1.82) is 0 Å². The molecule has 1 fully saturated rings. The van der Waals surface area contributed by atoms with Crippen molar-refractivity contribution in [3.8, 4) is 0 Å². The lowest BCUT2D eigenvalue weighted by atomic mass is 10.2. The van der Waals surface area contributed by atoms with Crippen LogP contribution in [0.2, 0.25) is 0 Å². The van der Waals surface area contributed by atoms with Gasteiger partial charge in [0, 0.05) is 26.2 Å². The van der Waals surface area contributed by atoms with Crippen LogP contribution in [0.1, 0.15) is 0 Å². The van der Waals surface area contributed by atoms with Gasteiger partial charge in [-0.05, 0) is 0 Å². The summed E-state index contributed by atoms with van der Waals surface area (Å²) in [4.78, 5) is 0.